The molecule has 0 bridgehead atoms. The van der Waals surface area contributed by atoms with E-state index < -0.39 is 35.7 Å². The average molecular weight is 574 g/mol. The molecule has 0 radical (unpaired) electrons. The Bertz CT molecular complexity index is 1210. The van der Waals surface area contributed by atoms with Crippen LogP contribution in [0.25, 0.3) is 0 Å². The van der Waals surface area contributed by atoms with Crippen molar-refractivity contribution in [2.45, 2.75) is 9.63 Å². The maximum atomic E-state index is 13.5. The molecule has 0 amide bonds. The van der Waals surface area contributed by atoms with Gasteiger partial charge in [0.2, 0.25) is 0 Å². The zero-order valence-corrected chi connectivity index (χ0v) is 20.7. The Morgan fingerprint density at radius 3 is 1.21 bits per heavy atom. The molecular formula is C24H20N2O5Se2. The fraction of sp³-hybridized carbons (Fsp3) is 0.0833. The van der Waals surface area contributed by atoms with Gasteiger partial charge in [-0.15, -0.1) is 0 Å². The van der Waals surface area contributed by atoms with Gasteiger partial charge >= 0.3 is 196 Å². The average Bonchev–Trinajstić information content (AvgIpc) is 2.81. The number of pyridine rings is 2. The number of hydrogen-bond donors (Lipinski definition) is 0. The van der Waals surface area contributed by atoms with Gasteiger partial charge in [0.15, 0.2) is 0 Å². The van der Waals surface area contributed by atoms with Crippen molar-refractivity contribution in [2.75, 3.05) is 0 Å². The van der Waals surface area contributed by atoms with Gasteiger partial charge in [0.1, 0.15) is 0 Å². The molecule has 0 fully saturated rings. The number of aromatic nitrogens is 2. The summed E-state index contributed by atoms with van der Waals surface area (Å²) in [6.07, 6.45) is 2.92. The third-order valence-corrected chi connectivity index (χ3v) is 14.4. The molecule has 33 heavy (non-hydrogen) atoms. The Balaban J connectivity index is 1.80. The van der Waals surface area contributed by atoms with Gasteiger partial charge < -0.3 is 0 Å². The number of benzene rings is 2. The summed E-state index contributed by atoms with van der Waals surface area (Å²) in [6, 6.07) is 26.3. The molecule has 2 atom stereocenters. The van der Waals surface area contributed by atoms with Gasteiger partial charge in [0.05, 0.1) is 0 Å². The summed E-state index contributed by atoms with van der Waals surface area (Å²) in [6.45, 7) is 0. The topological polar surface area (TPSA) is 103 Å². The van der Waals surface area contributed by atoms with Gasteiger partial charge in [0.25, 0.3) is 0 Å². The molecule has 0 aliphatic carbocycles. The molecule has 2 aromatic carbocycles. The van der Waals surface area contributed by atoms with Crippen LogP contribution in [0.1, 0.15) is 32.1 Å². The maximum absolute atomic E-state index is 13.5. The first-order valence-corrected chi connectivity index (χ1v) is 16.2. The standard InChI is InChI=1S/C24H20N2O5Se2/c27-32(28,23(19-11-3-1-4-12-19)21-15-7-9-17-25-21)31-33(29,30)24(20-13-5-2-6-14-20)22-16-8-10-18-26-22/h1-18,23-24H. The van der Waals surface area contributed by atoms with Crippen molar-refractivity contribution in [1.82, 2.24) is 9.97 Å². The van der Waals surface area contributed by atoms with Crippen LogP contribution in [0.2, 0.25) is 0 Å². The quantitative estimate of drug-likeness (QED) is 0.292. The first-order valence-electron chi connectivity index (χ1n) is 9.99. The Morgan fingerprint density at radius 2 is 0.879 bits per heavy atom. The number of rotatable bonds is 8. The van der Waals surface area contributed by atoms with Gasteiger partial charge in [0, 0.05) is 0 Å². The summed E-state index contributed by atoms with van der Waals surface area (Å²) < 4.78 is 59.4. The summed E-state index contributed by atoms with van der Waals surface area (Å²) in [5, 5.41) is 0. The third kappa shape index (κ3) is 5.30. The molecule has 0 aliphatic rings. The second kappa shape index (κ2) is 9.83. The minimum absolute atomic E-state index is 0.190. The van der Waals surface area contributed by atoms with Gasteiger partial charge in [-0.25, -0.2) is 0 Å². The fourth-order valence-electron chi connectivity index (χ4n) is 3.50. The van der Waals surface area contributed by atoms with Crippen molar-refractivity contribution in [3.05, 3.63) is 132 Å². The summed E-state index contributed by atoms with van der Waals surface area (Å²) in [5.74, 6) is 0. The predicted octanol–water partition coefficient (Wildman–Crippen LogP) is 4.14. The van der Waals surface area contributed by atoms with Crippen molar-refractivity contribution < 1.29 is 18.2 Å². The van der Waals surface area contributed by atoms with E-state index in [4.69, 9.17) is 2.90 Å². The van der Waals surface area contributed by atoms with Crippen LogP contribution in [-0.4, -0.2) is 36.0 Å². The second-order valence-electron chi connectivity index (χ2n) is 7.14. The Labute approximate surface area is 195 Å². The molecule has 2 heterocycles. The van der Waals surface area contributed by atoms with Crippen LogP contribution in [0.4, 0.5) is 0 Å². The van der Waals surface area contributed by atoms with Crippen LogP contribution in [0.3, 0.4) is 0 Å². The van der Waals surface area contributed by atoms with Crippen LogP contribution >= 0.6 is 0 Å². The van der Waals surface area contributed by atoms with Crippen molar-refractivity contribution in [3.63, 3.8) is 0 Å². The van der Waals surface area contributed by atoms with Crippen LogP contribution in [0.15, 0.2) is 109 Å². The number of hydrogen-bond acceptors (Lipinski definition) is 7. The molecule has 4 aromatic rings. The first kappa shape index (κ1) is 23.1. The van der Waals surface area contributed by atoms with E-state index in [1.54, 1.807) is 84.9 Å². The molecule has 0 spiro atoms. The van der Waals surface area contributed by atoms with Crippen molar-refractivity contribution >= 4 is 26.1 Å². The molecule has 0 N–H and O–H groups in total. The van der Waals surface area contributed by atoms with E-state index in [0.717, 1.165) is 0 Å². The van der Waals surface area contributed by atoms with E-state index in [9.17, 15) is 15.3 Å². The van der Waals surface area contributed by atoms with E-state index in [0.29, 0.717) is 11.1 Å². The Morgan fingerprint density at radius 1 is 0.515 bits per heavy atom. The van der Waals surface area contributed by atoms with Crippen LogP contribution in [-0.2, 0) is 18.2 Å². The zero-order valence-electron chi connectivity index (χ0n) is 17.3. The molecule has 168 valence electrons. The van der Waals surface area contributed by atoms with Crippen LogP contribution in [0, 0.1) is 0 Å². The molecule has 0 aliphatic heterocycles. The summed E-state index contributed by atoms with van der Waals surface area (Å²) in [4.78, 5) is 5.66. The van der Waals surface area contributed by atoms with Gasteiger partial charge in [-0.05, 0) is 0 Å². The van der Waals surface area contributed by atoms with Crippen molar-refractivity contribution in [2.24, 2.45) is 0 Å². The Hall–Kier alpha value is -3.06. The summed E-state index contributed by atoms with van der Waals surface area (Å²) in [7, 11) is 0. The minimum atomic E-state index is -5.65. The summed E-state index contributed by atoms with van der Waals surface area (Å²) in [5.41, 5.74) is 1.14. The molecule has 2 unspecified atom stereocenters. The van der Waals surface area contributed by atoms with E-state index in [2.05, 4.69) is 9.97 Å². The molecule has 0 saturated carbocycles. The molecular weight excluding hydrogens is 554 g/mol. The van der Waals surface area contributed by atoms with Gasteiger partial charge in [-0.3, -0.25) is 0 Å². The second-order valence-corrected chi connectivity index (χ2v) is 15.0. The molecule has 0 saturated heterocycles. The van der Waals surface area contributed by atoms with Crippen LogP contribution in [0.5, 0.6) is 0 Å². The number of nitrogens with zero attached hydrogens (tertiary/aromatic N) is 2. The SMILES string of the molecule is O=[Se](=O)(O[Se](=O)(=O)C(c1ccccc1)c1ccccn1)C(c1ccccc1)c1ccccn1. The Kier molecular flexibility index (Phi) is 6.88. The molecule has 7 nitrogen and oxygen atoms in total. The van der Waals surface area contributed by atoms with Gasteiger partial charge in [-0.1, -0.05) is 0 Å². The molecule has 2 aromatic heterocycles. The molecule has 4 rings (SSSR count). The predicted molar refractivity (Wildman–Crippen MR) is 120 cm³/mol. The normalized spacial score (nSPS) is 13.8. The fourth-order valence-corrected chi connectivity index (χ4v) is 12.9. The van der Waals surface area contributed by atoms with Crippen molar-refractivity contribution in [1.29, 1.82) is 0 Å². The van der Waals surface area contributed by atoms with E-state index in [1.807, 2.05) is 0 Å². The summed E-state index contributed by atoms with van der Waals surface area (Å²) >= 11 is -11.3. The van der Waals surface area contributed by atoms with E-state index in [1.165, 1.54) is 24.5 Å². The van der Waals surface area contributed by atoms with Gasteiger partial charge in [-0.2, -0.15) is 0 Å². The third-order valence-electron chi connectivity index (χ3n) is 4.88. The van der Waals surface area contributed by atoms with E-state index in [-0.39, 0.29) is 11.4 Å². The van der Waals surface area contributed by atoms with E-state index >= 15 is 0 Å². The zero-order chi connectivity index (χ0) is 23.3. The first-order chi connectivity index (χ1) is 15.9. The van der Waals surface area contributed by atoms with Crippen molar-refractivity contribution in [3.8, 4) is 0 Å². The molecule has 9 heteroatoms. The monoisotopic (exact) mass is 576 g/mol. The van der Waals surface area contributed by atoms with Crippen LogP contribution < -0.4 is 0 Å².